The summed E-state index contributed by atoms with van der Waals surface area (Å²) in [7, 11) is 0. The van der Waals surface area contributed by atoms with Gasteiger partial charge in [-0.1, -0.05) is 12.8 Å². The molecule has 1 N–H and O–H groups in total. The highest BCUT2D eigenvalue weighted by Gasteiger charge is 2.33. The first-order chi connectivity index (χ1) is 4.41. The topological polar surface area (TPSA) is 12.0 Å². The molecule has 1 spiro atoms. The lowest BCUT2D eigenvalue weighted by molar-refractivity contribution is 0.400. The first kappa shape index (κ1) is 5.33. The molecule has 0 bridgehead atoms. The molecule has 2 rings (SSSR count). The van der Waals surface area contributed by atoms with Crippen molar-refractivity contribution in [2.24, 2.45) is 5.41 Å². The van der Waals surface area contributed by atoms with Crippen molar-refractivity contribution in [1.29, 1.82) is 0 Å². The van der Waals surface area contributed by atoms with E-state index in [2.05, 4.69) is 11.4 Å². The summed E-state index contributed by atoms with van der Waals surface area (Å²) in [5.41, 5.74) is 0.472. The second-order valence-electron chi connectivity index (χ2n) is 3.16. The van der Waals surface area contributed by atoms with Gasteiger partial charge in [0.15, 0.2) is 0 Å². The monoisotopic (exact) mass is 122 g/mol. The van der Waals surface area contributed by atoms with E-state index in [0.717, 1.165) is 6.54 Å². The Morgan fingerprint density at radius 2 is 2.11 bits per heavy atom. The predicted molar refractivity (Wildman–Crippen MR) is 36.7 cm³/mol. The molecule has 1 radical (unpaired) electrons. The fraction of sp³-hybridized carbons (Fsp3) is 0.750. The lowest BCUT2D eigenvalue weighted by Gasteiger charge is -2.17. The van der Waals surface area contributed by atoms with Crippen LogP contribution in [-0.4, -0.2) is 6.54 Å². The zero-order valence-corrected chi connectivity index (χ0v) is 5.61. The van der Waals surface area contributed by atoms with E-state index in [0.29, 0.717) is 5.41 Å². The molecule has 49 valence electrons. The molecule has 0 aromatic carbocycles. The first-order valence-corrected chi connectivity index (χ1v) is 3.74. The van der Waals surface area contributed by atoms with E-state index in [9.17, 15) is 0 Å². The SMILES string of the molecule is [C]1=CNCC12CCCC2. The van der Waals surface area contributed by atoms with Crippen LogP contribution in [0.5, 0.6) is 0 Å². The molecular weight excluding hydrogens is 110 g/mol. The van der Waals surface area contributed by atoms with Crippen LogP contribution in [0, 0.1) is 11.5 Å². The van der Waals surface area contributed by atoms with E-state index in [4.69, 9.17) is 0 Å². The van der Waals surface area contributed by atoms with Gasteiger partial charge < -0.3 is 5.32 Å². The van der Waals surface area contributed by atoms with Gasteiger partial charge in [0, 0.05) is 18.2 Å². The number of hydrogen-bond donors (Lipinski definition) is 1. The van der Waals surface area contributed by atoms with Crippen molar-refractivity contribution in [3.05, 3.63) is 12.3 Å². The van der Waals surface area contributed by atoms with Crippen LogP contribution in [0.25, 0.3) is 0 Å². The van der Waals surface area contributed by atoms with Crippen LogP contribution >= 0.6 is 0 Å². The Bertz CT molecular complexity index is 132. The van der Waals surface area contributed by atoms with Gasteiger partial charge in [0.25, 0.3) is 0 Å². The molecule has 1 fully saturated rings. The van der Waals surface area contributed by atoms with Gasteiger partial charge in [-0.2, -0.15) is 0 Å². The predicted octanol–water partition coefficient (Wildman–Crippen LogP) is 1.47. The molecule has 0 atom stereocenters. The average molecular weight is 122 g/mol. The van der Waals surface area contributed by atoms with E-state index < -0.39 is 0 Å². The lowest BCUT2D eigenvalue weighted by atomic mass is 9.88. The summed E-state index contributed by atoms with van der Waals surface area (Å²) in [5.74, 6) is 0. The van der Waals surface area contributed by atoms with E-state index in [-0.39, 0.29) is 0 Å². The zero-order valence-electron chi connectivity index (χ0n) is 5.61. The van der Waals surface area contributed by atoms with Crippen LogP contribution in [0.3, 0.4) is 0 Å². The summed E-state index contributed by atoms with van der Waals surface area (Å²) < 4.78 is 0. The molecule has 9 heavy (non-hydrogen) atoms. The molecule has 0 saturated heterocycles. The van der Waals surface area contributed by atoms with E-state index >= 15 is 0 Å². The molecule has 0 amide bonds. The van der Waals surface area contributed by atoms with Crippen LogP contribution in [-0.2, 0) is 0 Å². The Balaban J connectivity index is 2.13. The van der Waals surface area contributed by atoms with Crippen molar-refractivity contribution in [3.63, 3.8) is 0 Å². The minimum Gasteiger partial charge on any atom is -0.390 e. The fourth-order valence-corrected chi connectivity index (χ4v) is 1.87. The van der Waals surface area contributed by atoms with E-state index in [1.807, 2.05) is 6.20 Å². The fourth-order valence-electron chi connectivity index (χ4n) is 1.87. The molecule has 0 aromatic rings. The van der Waals surface area contributed by atoms with Crippen molar-refractivity contribution < 1.29 is 0 Å². The van der Waals surface area contributed by atoms with Crippen molar-refractivity contribution >= 4 is 0 Å². The van der Waals surface area contributed by atoms with Gasteiger partial charge in [0.1, 0.15) is 0 Å². The van der Waals surface area contributed by atoms with Crippen LogP contribution in [0.2, 0.25) is 0 Å². The van der Waals surface area contributed by atoms with Gasteiger partial charge in [-0.25, -0.2) is 0 Å². The Morgan fingerprint density at radius 1 is 1.33 bits per heavy atom. The van der Waals surface area contributed by atoms with Crippen molar-refractivity contribution in [3.8, 4) is 0 Å². The van der Waals surface area contributed by atoms with Crippen LogP contribution in [0.4, 0.5) is 0 Å². The first-order valence-electron chi connectivity index (χ1n) is 3.74. The highest BCUT2D eigenvalue weighted by molar-refractivity contribution is 5.02. The van der Waals surface area contributed by atoms with Gasteiger partial charge in [0.05, 0.1) is 0 Å². The second kappa shape index (κ2) is 1.76. The van der Waals surface area contributed by atoms with Crippen molar-refractivity contribution in [1.82, 2.24) is 5.32 Å². The molecule has 1 nitrogen and oxygen atoms in total. The maximum atomic E-state index is 3.40. The largest absolute Gasteiger partial charge is 0.390 e. The molecule has 2 aliphatic rings. The lowest BCUT2D eigenvalue weighted by Crippen LogP contribution is -2.20. The molecule has 0 aromatic heterocycles. The van der Waals surface area contributed by atoms with Gasteiger partial charge in [-0.15, -0.1) is 0 Å². The van der Waals surface area contributed by atoms with Crippen LogP contribution in [0.1, 0.15) is 25.7 Å². The van der Waals surface area contributed by atoms with Gasteiger partial charge in [-0.05, 0) is 18.9 Å². The van der Waals surface area contributed by atoms with Gasteiger partial charge >= 0.3 is 0 Å². The maximum Gasteiger partial charge on any atom is 0.0239 e. The minimum absolute atomic E-state index is 0.472. The molecule has 1 saturated carbocycles. The Morgan fingerprint density at radius 3 is 2.67 bits per heavy atom. The Hall–Kier alpha value is -0.460. The summed E-state index contributed by atoms with van der Waals surface area (Å²) in [5, 5.41) is 3.22. The van der Waals surface area contributed by atoms with Crippen LogP contribution < -0.4 is 5.32 Å². The third kappa shape index (κ3) is 0.752. The van der Waals surface area contributed by atoms with Crippen molar-refractivity contribution in [2.75, 3.05) is 6.54 Å². The van der Waals surface area contributed by atoms with E-state index in [1.54, 1.807) is 0 Å². The molecule has 0 unspecified atom stereocenters. The molecule has 1 heterocycles. The molecule has 1 aliphatic carbocycles. The summed E-state index contributed by atoms with van der Waals surface area (Å²) in [6, 6.07) is 0. The quantitative estimate of drug-likeness (QED) is 0.513. The molecular formula is C8H12N. The standard InChI is InChI=1S/C8H12N/c1-2-4-8(3-1)5-6-9-7-8/h6,9H,1-4,7H2. The third-order valence-electron chi connectivity index (χ3n) is 2.48. The highest BCUT2D eigenvalue weighted by Crippen LogP contribution is 2.39. The smallest absolute Gasteiger partial charge is 0.0239 e. The molecule has 1 heteroatoms. The molecule has 1 aliphatic heterocycles. The summed E-state index contributed by atoms with van der Waals surface area (Å²) >= 11 is 0. The number of rotatable bonds is 0. The normalized spacial score (nSPS) is 29.3. The highest BCUT2D eigenvalue weighted by atomic mass is 14.9. The third-order valence-corrected chi connectivity index (χ3v) is 2.48. The van der Waals surface area contributed by atoms with E-state index in [1.165, 1.54) is 25.7 Å². The number of nitrogens with one attached hydrogen (secondary N) is 1. The van der Waals surface area contributed by atoms with Crippen LogP contribution in [0.15, 0.2) is 6.20 Å². The summed E-state index contributed by atoms with van der Waals surface area (Å²) in [4.78, 5) is 0. The zero-order chi connectivity index (χ0) is 6.16. The summed E-state index contributed by atoms with van der Waals surface area (Å²) in [6.45, 7) is 1.15. The second-order valence-corrected chi connectivity index (χ2v) is 3.16. The maximum absolute atomic E-state index is 3.40. The Labute approximate surface area is 56.1 Å². The Kier molecular flexibility index (Phi) is 1.04. The van der Waals surface area contributed by atoms with Crippen molar-refractivity contribution in [2.45, 2.75) is 25.7 Å². The summed E-state index contributed by atoms with van der Waals surface area (Å²) in [6.07, 6.45) is 10.9. The van der Waals surface area contributed by atoms with Gasteiger partial charge in [-0.3, -0.25) is 0 Å². The van der Waals surface area contributed by atoms with Gasteiger partial charge in [0.2, 0.25) is 0 Å². The minimum atomic E-state index is 0.472. The number of hydrogen-bond acceptors (Lipinski definition) is 1. The average Bonchev–Trinajstić information content (AvgIpc) is 2.45.